The Morgan fingerprint density at radius 2 is 1.71 bits per heavy atom. The van der Waals surface area contributed by atoms with E-state index in [-0.39, 0.29) is 0 Å². The second-order valence-electron chi connectivity index (χ2n) is 7.56. The predicted octanol–water partition coefficient (Wildman–Crippen LogP) is 6.60. The summed E-state index contributed by atoms with van der Waals surface area (Å²) in [6, 6.07) is 15.6. The van der Waals surface area contributed by atoms with Gasteiger partial charge in [-0.3, -0.25) is 4.40 Å². The highest BCUT2D eigenvalue weighted by Gasteiger charge is 2.18. The monoisotopic (exact) mass is 368 g/mol. The van der Waals surface area contributed by atoms with Crippen LogP contribution in [0.5, 0.6) is 0 Å². The van der Waals surface area contributed by atoms with Gasteiger partial charge in [0.15, 0.2) is 0 Å². The number of nitrogens with zero attached hydrogens (tertiary/aromatic N) is 2. The van der Waals surface area contributed by atoms with Crippen LogP contribution < -0.4 is 0 Å². The standard InChI is InChI=1S/C24H17FN2O/c1-12-5-4-6-15-9-19-18(10-17(12)15)16-7-8-21-20(11-22(25)28-21)23(16)27-14(3)13(2)26-24(19)27/h4-11H,1-3H3. The molecule has 0 N–H and O–H groups in total. The molecular formula is C24H17FN2O. The molecule has 0 amide bonds. The van der Waals surface area contributed by atoms with Crippen LogP contribution in [0.15, 0.2) is 52.9 Å². The molecule has 0 radical (unpaired) electrons. The van der Waals surface area contributed by atoms with E-state index in [1.807, 2.05) is 19.1 Å². The van der Waals surface area contributed by atoms with Crippen molar-refractivity contribution < 1.29 is 8.81 Å². The van der Waals surface area contributed by atoms with Gasteiger partial charge in [0, 0.05) is 27.9 Å². The van der Waals surface area contributed by atoms with Crippen LogP contribution in [0.3, 0.4) is 0 Å². The zero-order valence-electron chi connectivity index (χ0n) is 15.8. The lowest BCUT2D eigenvalue weighted by atomic mass is 9.97. The average molecular weight is 368 g/mol. The highest BCUT2D eigenvalue weighted by atomic mass is 19.1. The molecule has 6 aromatic rings. The van der Waals surface area contributed by atoms with Crippen LogP contribution in [0.1, 0.15) is 17.0 Å². The fourth-order valence-corrected chi connectivity index (χ4v) is 4.48. The predicted molar refractivity (Wildman–Crippen MR) is 112 cm³/mol. The molecule has 0 spiro atoms. The van der Waals surface area contributed by atoms with Gasteiger partial charge < -0.3 is 4.42 Å². The number of rotatable bonds is 0. The molecule has 6 rings (SSSR count). The summed E-state index contributed by atoms with van der Waals surface area (Å²) < 4.78 is 21.4. The molecule has 28 heavy (non-hydrogen) atoms. The zero-order chi connectivity index (χ0) is 19.2. The zero-order valence-corrected chi connectivity index (χ0v) is 15.8. The lowest BCUT2D eigenvalue weighted by Crippen LogP contribution is -1.94. The largest absolute Gasteiger partial charge is 0.431 e. The molecule has 136 valence electrons. The van der Waals surface area contributed by atoms with E-state index in [0.29, 0.717) is 5.58 Å². The van der Waals surface area contributed by atoms with Crippen LogP contribution in [0.25, 0.3) is 49.1 Å². The van der Waals surface area contributed by atoms with Gasteiger partial charge in [-0.15, -0.1) is 0 Å². The van der Waals surface area contributed by atoms with Gasteiger partial charge in [0.25, 0.3) is 6.01 Å². The molecule has 0 saturated carbocycles. The summed E-state index contributed by atoms with van der Waals surface area (Å²) in [6.07, 6.45) is 0. The Balaban J connectivity index is 2.01. The molecular weight excluding hydrogens is 351 g/mol. The number of benzene rings is 3. The molecule has 3 aromatic heterocycles. The number of imidazole rings is 1. The average Bonchev–Trinajstić information content (AvgIpc) is 3.20. The lowest BCUT2D eigenvalue weighted by molar-refractivity contribution is 0.381. The first kappa shape index (κ1) is 15.6. The van der Waals surface area contributed by atoms with E-state index in [9.17, 15) is 4.39 Å². The first-order valence-corrected chi connectivity index (χ1v) is 9.35. The second kappa shape index (κ2) is 5.10. The van der Waals surface area contributed by atoms with Gasteiger partial charge in [0.05, 0.1) is 11.2 Å². The second-order valence-corrected chi connectivity index (χ2v) is 7.56. The summed E-state index contributed by atoms with van der Waals surface area (Å²) in [5.41, 5.74) is 5.65. The smallest absolute Gasteiger partial charge is 0.278 e. The Morgan fingerprint density at radius 3 is 2.57 bits per heavy atom. The van der Waals surface area contributed by atoms with Gasteiger partial charge in [-0.05, 0) is 66.8 Å². The molecule has 0 saturated heterocycles. The van der Waals surface area contributed by atoms with Crippen molar-refractivity contribution in [1.82, 2.24) is 9.38 Å². The van der Waals surface area contributed by atoms with Gasteiger partial charge in [-0.1, -0.05) is 18.2 Å². The number of pyridine rings is 1. The molecule has 0 aliphatic carbocycles. The Hall–Kier alpha value is -3.40. The van der Waals surface area contributed by atoms with E-state index in [1.165, 1.54) is 22.4 Å². The van der Waals surface area contributed by atoms with E-state index in [2.05, 4.69) is 48.6 Å². The Bertz CT molecular complexity index is 1600. The summed E-state index contributed by atoms with van der Waals surface area (Å²) in [7, 11) is 0. The molecule has 4 heteroatoms. The van der Waals surface area contributed by atoms with Gasteiger partial charge in [0.2, 0.25) is 0 Å². The molecule has 0 atom stereocenters. The highest BCUT2D eigenvalue weighted by molar-refractivity contribution is 6.21. The van der Waals surface area contributed by atoms with E-state index in [4.69, 9.17) is 9.40 Å². The molecule has 3 heterocycles. The highest BCUT2D eigenvalue weighted by Crippen LogP contribution is 2.38. The van der Waals surface area contributed by atoms with Crippen molar-refractivity contribution >= 4 is 49.1 Å². The number of hydrogen-bond acceptors (Lipinski definition) is 2. The SMILES string of the molecule is Cc1nc2c3cc4cccc(C)c4cc3c3ccc4oc(F)cc4c3n2c1C. The van der Waals surface area contributed by atoms with Crippen LogP contribution in [-0.2, 0) is 0 Å². The number of aryl methyl sites for hydroxylation is 3. The van der Waals surface area contributed by atoms with Crippen LogP contribution >= 0.6 is 0 Å². The van der Waals surface area contributed by atoms with E-state index in [1.54, 1.807) is 0 Å². The minimum Gasteiger partial charge on any atom is -0.431 e. The fourth-order valence-electron chi connectivity index (χ4n) is 4.48. The van der Waals surface area contributed by atoms with Gasteiger partial charge in [0.1, 0.15) is 11.2 Å². The van der Waals surface area contributed by atoms with Crippen molar-refractivity contribution in [2.24, 2.45) is 0 Å². The quantitative estimate of drug-likeness (QED) is 0.223. The maximum Gasteiger partial charge on any atom is 0.278 e. The number of aromatic nitrogens is 2. The fraction of sp³-hybridized carbons (Fsp3) is 0.125. The van der Waals surface area contributed by atoms with Crippen molar-refractivity contribution in [1.29, 1.82) is 0 Å². The molecule has 0 aliphatic rings. The van der Waals surface area contributed by atoms with E-state index < -0.39 is 6.01 Å². The van der Waals surface area contributed by atoms with E-state index >= 15 is 0 Å². The van der Waals surface area contributed by atoms with Crippen LogP contribution in [0.2, 0.25) is 0 Å². The molecule has 0 fully saturated rings. The van der Waals surface area contributed by atoms with Gasteiger partial charge in [-0.2, -0.15) is 4.39 Å². The molecule has 0 aliphatic heterocycles. The van der Waals surface area contributed by atoms with Crippen LogP contribution in [-0.4, -0.2) is 9.38 Å². The summed E-state index contributed by atoms with van der Waals surface area (Å²) in [4.78, 5) is 4.87. The number of hydrogen-bond donors (Lipinski definition) is 0. The third kappa shape index (κ3) is 1.84. The minimum absolute atomic E-state index is 0.549. The molecule has 0 bridgehead atoms. The first-order chi connectivity index (χ1) is 13.5. The van der Waals surface area contributed by atoms with Crippen molar-refractivity contribution in [2.45, 2.75) is 20.8 Å². The normalized spacial score (nSPS) is 12.3. The third-order valence-corrected chi connectivity index (χ3v) is 5.98. The van der Waals surface area contributed by atoms with Crippen molar-refractivity contribution in [3.63, 3.8) is 0 Å². The lowest BCUT2D eigenvalue weighted by Gasteiger charge is -2.12. The van der Waals surface area contributed by atoms with Gasteiger partial charge >= 0.3 is 0 Å². The van der Waals surface area contributed by atoms with Crippen molar-refractivity contribution in [3.05, 3.63) is 71.5 Å². The number of halogens is 1. The molecule has 3 nitrogen and oxygen atoms in total. The van der Waals surface area contributed by atoms with Gasteiger partial charge in [-0.25, -0.2) is 4.98 Å². The van der Waals surface area contributed by atoms with E-state index in [0.717, 1.165) is 44.1 Å². The Kier molecular flexibility index (Phi) is 2.85. The van der Waals surface area contributed by atoms with Crippen LogP contribution in [0, 0.1) is 26.8 Å². The summed E-state index contributed by atoms with van der Waals surface area (Å²) in [5.74, 6) is 0. The topological polar surface area (TPSA) is 30.4 Å². The Labute approximate surface area is 160 Å². The maximum atomic E-state index is 13.9. The summed E-state index contributed by atoms with van der Waals surface area (Å²) >= 11 is 0. The summed E-state index contributed by atoms with van der Waals surface area (Å²) in [5, 5.41) is 6.48. The third-order valence-electron chi connectivity index (χ3n) is 5.98. The number of fused-ring (bicyclic) bond motifs is 9. The minimum atomic E-state index is -0.570. The maximum absolute atomic E-state index is 13.9. The molecule has 3 aromatic carbocycles. The number of furan rings is 1. The Morgan fingerprint density at radius 1 is 0.857 bits per heavy atom. The summed E-state index contributed by atoms with van der Waals surface area (Å²) in [6.45, 7) is 6.20. The van der Waals surface area contributed by atoms with Crippen molar-refractivity contribution in [2.75, 3.05) is 0 Å². The van der Waals surface area contributed by atoms with Crippen LogP contribution in [0.4, 0.5) is 4.39 Å². The first-order valence-electron chi connectivity index (χ1n) is 9.35. The van der Waals surface area contributed by atoms with Crippen molar-refractivity contribution in [3.8, 4) is 0 Å². The molecule has 0 unspecified atom stereocenters.